The molecular weight excluding hydrogens is 294 g/mol. The zero-order chi connectivity index (χ0) is 16.2. The van der Waals surface area contributed by atoms with Crippen LogP contribution in [0.1, 0.15) is 20.8 Å². The van der Waals surface area contributed by atoms with Crippen molar-refractivity contribution in [1.29, 1.82) is 0 Å². The molecule has 0 atom stereocenters. The van der Waals surface area contributed by atoms with Crippen LogP contribution >= 0.6 is 0 Å². The third-order valence-electron chi connectivity index (χ3n) is 3.30. The number of amides is 1. The number of benzene rings is 1. The fraction of sp³-hybridized carbons (Fsp3) is 0.0588. The minimum absolute atomic E-state index is 0.200. The van der Waals surface area contributed by atoms with Crippen LogP contribution in [-0.4, -0.2) is 29.0 Å². The molecular formula is C17H13N3O3. The Bertz CT molecular complexity index is 870. The quantitative estimate of drug-likeness (QED) is 0.752. The minimum Gasteiger partial charge on any atom is -0.465 e. The van der Waals surface area contributed by atoms with Crippen LogP contribution in [0.25, 0.3) is 10.9 Å². The number of hydrogen-bond donors (Lipinski definition) is 1. The first-order valence-electron chi connectivity index (χ1n) is 6.88. The molecule has 1 N–H and O–H groups in total. The molecule has 23 heavy (non-hydrogen) atoms. The van der Waals surface area contributed by atoms with Crippen molar-refractivity contribution in [2.75, 3.05) is 12.4 Å². The Morgan fingerprint density at radius 2 is 1.87 bits per heavy atom. The molecule has 1 aromatic carbocycles. The van der Waals surface area contributed by atoms with Crippen molar-refractivity contribution < 1.29 is 14.3 Å². The number of carbonyl (C=O) groups excluding carboxylic acids is 2. The second-order valence-electron chi connectivity index (χ2n) is 4.76. The van der Waals surface area contributed by atoms with Gasteiger partial charge in [0.05, 0.1) is 23.9 Å². The number of rotatable bonds is 3. The number of methoxy groups -OCH3 is 1. The average Bonchev–Trinajstić information content (AvgIpc) is 2.61. The van der Waals surface area contributed by atoms with Crippen LogP contribution in [0, 0.1) is 0 Å². The number of ether oxygens (including phenoxy) is 1. The molecule has 114 valence electrons. The third kappa shape index (κ3) is 3.01. The van der Waals surface area contributed by atoms with Crippen molar-refractivity contribution in [3.8, 4) is 0 Å². The predicted octanol–water partition coefficient (Wildman–Crippen LogP) is 2.67. The van der Waals surface area contributed by atoms with Crippen molar-refractivity contribution in [2.45, 2.75) is 0 Å². The van der Waals surface area contributed by atoms with E-state index in [9.17, 15) is 9.59 Å². The molecule has 0 saturated carbocycles. The van der Waals surface area contributed by atoms with Gasteiger partial charge in [0.25, 0.3) is 5.91 Å². The van der Waals surface area contributed by atoms with Gasteiger partial charge in [0.15, 0.2) is 0 Å². The number of para-hydroxylation sites is 1. The maximum absolute atomic E-state index is 12.3. The minimum atomic E-state index is -0.497. The lowest BCUT2D eigenvalue weighted by molar-refractivity contribution is 0.0600. The number of aromatic nitrogens is 2. The smallest absolute Gasteiger partial charge is 0.339 e. The first kappa shape index (κ1) is 14.6. The number of esters is 1. The second kappa shape index (κ2) is 6.23. The van der Waals surface area contributed by atoms with E-state index in [2.05, 4.69) is 20.0 Å². The predicted molar refractivity (Wildman–Crippen MR) is 85.3 cm³/mol. The van der Waals surface area contributed by atoms with Crippen LogP contribution in [0.15, 0.2) is 54.9 Å². The summed E-state index contributed by atoms with van der Waals surface area (Å²) in [7, 11) is 1.29. The SMILES string of the molecule is COC(=O)c1ccc(C(=O)Nc2cccc3cccnc23)nc1. The Hall–Kier alpha value is -3.28. The fourth-order valence-corrected chi connectivity index (χ4v) is 2.16. The molecule has 3 rings (SSSR count). The molecule has 6 nitrogen and oxygen atoms in total. The van der Waals surface area contributed by atoms with Gasteiger partial charge in [0.2, 0.25) is 0 Å². The molecule has 0 saturated heterocycles. The summed E-state index contributed by atoms with van der Waals surface area (Å²) in [6.45, 7) is 0. The second-order valence-corrected chi connectivity index (χ2v) is 4.76. The zero-order valence-corrected chi connectivity index (χ0v) is 12.3. The molecule has 0 unspecified atom stereocenters. The van der Waals surface area contributed by atoms with E-state index in [1.54, 1.807) is 12.3 Å². The van der Waals surface area contributed by atoms with Crippen molar-refractivity contribution in [3.05, 3.63) is 66.1 Å². The molecule has 1 amide bonds. The van der Waals surface area contributed by atoms with Crippen LogP contribution in [0.4, 0.5) is 5.69 Å². The maximum Gasteiger partial charge on any atom is 0.339 e. The van der Waals surface area contributed by atoms with Crippen LogP contribution in [-0.2, 0) is 4.74 Å². The van der Waals surface area contributed by atoms with Crippen molar-refractivity contribution in [1.82, 2.24) is 9.97 Å². The van der Waals surface area contributed by atoms with E-state index in [1.165, 1.54) is 25.4 Å². The molecule has 0 radical (unpaired) electrons. The Morgan fingerprint density at radius 1 is 1.04 bits per heavy atom. The van der Waals surface area contributed by atoms with Gasteiger partial charge in [-0.15, -0.1) is 0 Å². The normalized spacial score (nSPS) is 10.3. The Morgan fingerprint density at radius 3 is 2.61 bits per heavy atom. The number of anilines is 1. The monoisotopic (exact) mass is 307 g/mol. The van der Waals surface area contributed by atoms with Crippen LogP contribution in [0.5, 0.6) is 0 Å². The van der Waals surface area contributed by atoms with Gasteiger partial charge < -0.3 is 10.1 Å². The van der Waals surface area contributed by atoms with Gasteiger partial charge >= 0.3 is 5.97 Å². The molecule has 0 aliphatic rings. The van der Waals surface area contributed by atoms with Gasteiger partial charge in [-0.3, -0.25) is 14.8 Å². The summed E-state index contributed by atoms with van der Waals surface area (Å²) < 4.78 is 4.59. The van der Waals surface area contributed by atoms with Crippen molar-refractivity contribution in [3.63, 3.8) is 0 Å². The van der Waals surface area contributed by atoms with Crippen LogP contribution in [0.2, 0.25) is 0 Å². The summed E-state index contributed by atoms with van der Waals surface area (Å²) in [6, 6.07) is 12.3. The Labute approximate surface area is 132 Å². The van der Waals surface area contributed by atoms with Gasteiger partial charge in [-0.25, -0.2) is 4.79 Å². The van der Waals surface area contributed by atoms with E-state index in [1.807, 2.05) is 24.3 Å². The molecule has 2 aromatic heterocycles. The maximum atomic E-state index is 12.3. The van der Waals surface area contributed by atoms with E-state index < -0.39 is 5.97 Å². The first-order chi connectivity index (χ1) is 11.2. The molecule has 0 spiro atoms. The van der Waals surface area contributed by atoms with Gasteiger partial charge in [-0.05, 0) is 24.3 Å². The molecule has 6 heteroatoms. The number of nitrogens with one attached hydrogen (secondary N) is 1. The summed E-state index contributed by atoms with van der Waals surface area (Å²) >= 11 is 0. The van der Waals surface area contributed by atoms with E-state index in [0.717, 1.165) is 5.39 Å². The standard InChI is InChI=1S/C17H13N3O3/c1-23-17(22)12-7-8-14(19-10-12)16(21)20-13-6-2-4-11-5-3-9-18-15(11)13/h2-10H,1H3,(H,20,21). The van der Waals surface area contributed by atoms with Gasteiger partial charge in [-0.1, -0.05) is 18.2 Å². The number of hydrogen-bond acceptors (Lipinski definition) is 5. The molecule has 3 aromatic rings. The summed E-state index contributed by atoms with van der Waals surface area (Å²) in [5.41, 5.74) is 1.79. The first-order valence-corrected chi connectivity index (χ1v) is 6.88. The highest BCUT2D eigenvalue weighted by Crippen LogP contribution is 2.21. The lowest BCUT2D eigenvalue weighted by Gasteiger charge is -2.07. The summed E-state index contributed by atoms with van der Waals surface area (Å²) in [5, 5.41) is 3.71. The lowest BCUT2D eigenvalue weighted by atomic mass is 10.2. The summed E-state index contributed by atoms with van der Waals surface area (Å²) in [4.78, 5) is 31.9. The average molecular weight is 307 g/mol. The summed E-state index contributed by atoms with van der Waals surface area (Å²) in [5.74, 6) is -0.873. The van der Waals surface area contributed by atoms with E-state index in [0.29, 0.717) is 11.2 Å². The lowest BCUT2D eigenvalue weighted by Crippen LogP contribution is -2.14. The Balaban J connectivity index is 1.85. The number of carbonyl (C=O) groups is 2. The van der Waals surface area contributed by atoms with Crippen molar-refractivity contribution >= 4 is 28.5 Å². The topological polar surface area (TPSA) is 81.2 Å². The zero-order valence-electron chi connectivity index (χ0n) is 12.3. The number of pyridine rings is 2. The third-order valence-corrected chi connectivity index (χ3v) is 3.30. The molecule has 0 fully saturated rings. The largest absolute Gasteiger partial charge is 0.465 e. The van der Waals surface area contributed by atoms with Gasteiger partial charge in [0.1, 0.15) is 5.69 Å². The number of fused-ring (bicyclic) bond motifs is 1. The highest BCUT2D eigenvalue weighted by atomic mass is 16.5. The highest BCUT2D eigenvalue weighted by Gasteiger charge is 2.12. The Kier molecular flexibility index (Phi) is 3.97. The van der Waals surface area contributed by atoms with Gasteiger partial charge in [0, 0.05) is 17.8 Å². The van der Waals surface area contributed by atoms with Crippen LogP contribution in [0.3, 0.4) is 0 Å². The van der Waals surface area contributed by atoms with Gasteiger partial charge in [-0.2, -0.15) is 0 Å². The fourth-order valence-electron chi connectivity index (χ4n) is 2.16. The number of nitrogens with zero attached hydrogens (tertiary/aromatic N) is 2. The van der Waals surface area contributed by atoms with E-state index in [4.69, 9.17) is 0 Å². The van der Waals surface area contributed by atoms with E-state index >= 15 is 0 Å². The van der Waals surface area contributed by atoms with Crippen LogP contribution < -0.4 is 5.32 Å². The summed E-state index contributed by atoms with van der Waals surface area (Å²) in [6.07, 6.45) is 2.98. The highest BCUT2D eigenvalue weighted by molar-refractivity contribution is 6.07. The molecule has 0 bridgehead atoms. The molecule has 0 aliphatic heterocycles. The molecule has 2 heterocycles. The van der Waals surface area contributed by atoms with E-state index in [-0.39, 0.29) is 17.2 Å². The molecule has 0 aliphatic carbocycles. The van der Waals surface area contributed by atoms with Crippen molar-refractivity contribution in [2.24, 2.45) is 0 Å².